The largest absolute Gasteiger partial charge is 0.469 e. The van der Waals surface area contributed by atoms with Crippen LogP contribution in [0.3, 0.4) is 0 Å². The summed E-state index contributed by atoms with van der Waals surface area (Å²) in [4.78, 5) is 21.3. The molecular weight excluding hydrogens is 266 g/mol. The molecule has 0 spiro atoms. The molecule has 0 fully saturated rings. The van der Waals surface area contributed by atoms with E-state index in [1.165, 1.54) is 14.2 Å². The maximum Gasteiger partial charge on any atom is 0.339 e. The molecular formula is C13H19NO4S. The van der Waals surface area contributed by atoms with Gasteiger partial charge in [0.2, 0.25) is 0 Å². The highest BCUT2D eigenvalue weighted by atomic mass is 32.2. The standard InChI is InChI=1S/C8H9NO2.C5H10O2S/c1-11-8(10)6-4-2-3-5-7(6)9;1-7-5(6)3-4-8-2/h2-5H,9H2,1H3;3-4H2,1-2H3. The fourth-order valence-electron chi connectivity index (χ4n) is 1.08. The van der Waals surface area contributed by atoms with E-state index in [4.69, 9.17) is 5.73 Å². The van der Waals surface area contributed by atoms with Gasteiger partial charge in [-0.15, -0.1) is 0 Å². The molecule has 0 bridgehead atoms. The van der Waals surface area contributed by atoms with Crippen LogP contribution in [-0.2, 0) is 14.3 Å². The van der Waals surface area contributed by atoms with Gasteiger partial charge in [0.1, 0.15) is 0 Å². The van der Waals surface area contributed by atoms with Crippen LogP contribution in [0.5, 0.6) is 0 Å². The lowest BCUT2D eigenvalue weighted by Crippen LogP contribution is -2.04. The smallest absolute Gasteiger partial charge is 0.339 e. The number of nitrogen functional groups attached to an aromatic ring is 1. The Labute approximate surface area is 117 Å². The topological polar surface area (TPSA) is 78.6 Å². The Morgan fingerprint density at radius 1 is 1.21 bits per heavy atom. The maximum absolute atomic E-state index is 10.9. The van der Waals surface area contributed by atoms with Crippen LogP contribution < -0.4 is 5.73 Å². The van der Waals surface area contributed by atoms with E-state index < -0.39 is 5.97 Å². The Morgan fingerprint density at radius 2 is 1.84 bits per heavy atom. The molecule has 1 aromatic carbocycles. The minimum atomic E-state index is -0.400. The van der Waals surface area contributed by atoms with Crippen LogP contribution in [-0.4, -0.2) is 38.2 Å². The van der Waals surface area contributed by atoms with E-state index in [1.807, 2.05) is 6.26 Å². The zero-order valence-corrected chi connectivity index (χ0v) is 12.2. The van der Waals surface area contributed by atoms with E-state index in [0.717, 1.165) is 5.75 Å². The number of para-hydroxylation sites is 1. The number of nitrogens with two attached hydrogens (primary N) is 1. The molecule has 0 aliphatic carbocycles. The zero-order chi connectivity index (χ0) is 14.7. The summed E-state index contributed by atoms with van der Waals surface area (Å²) >= 11 is 1.64. The molecule has 0 heterocycles. The Bertz CT molecular complexity index is 409. The Balaban J connectivity index is 0.000000362. The van der Waals surface area contributed by atoms with Gasteiger partial charge in [0.15, 0.2) is 0 Å². The van der Waals surface area contributed by atoms with Gasteiger partial charge in [-0.05, 0) is 18.4 Å². The molecule has 0 amide bonds. The van der Waals surface area contributed by atoms with E-state index in [1.54, 1.807) is 36.0 Å². The molecule has 2 N–H and O–H groups in total. The Morgan fingerprint density at radius 3 is 2.32 bits per heavy atom. The molecule has 6 heteroatoms. The summed E-state index contributed by atoms with van der Waals surface area (Å²) in [5, 5.41) is 0. The van der Waals surface area contributed by atoms with Gasteiger partial charge >= 0.3 is 11.9 Å². The molecule has 1 rings (SSSR count). The molecule has 5 nitrogen and oxygen atoms in total. The van der Waals surface area contributed by atoms with E-state index >= 15 is 0 Å². The van der Waals surface area contributed by atoms with Crippen LogP contribution in [0.1, 0.15) is 16.8 Å². The van der Waals surface area contributed by atoms with Crippen LogP contribution in [0.4, 0.5) is 5.69 Å². The van der Waals surface area contributed by atoms with Crippen molar-refractivity contribution < 1.29 is 19.1 Å². The number of esters is 2. The summed E-state index contributed by atoms with van der Waals surface area (Å²) in [6.07, 6.45) is 2.49. The van der Waals surface area contributed by atoms with Crippen LogP contribution in [0.25, 0.3) is 0 Å². The van der Waals surface area contributed by atoms with Gasteiger partial charge < -0.3 is 15.2 Å². The number of benzene rings is 1. The lowest BCUT2D eigenvalue weighted by Gasteiger charge is -2.00. The first-order valence-electron chi connectivity index (χ1n) is 5.55. The van der Waals surface area contributed by atoms with Crippen LogP contribution >= 0.6 is 11.8 Å². The summed E-state index contributed by atoms with van der Waals surface area (Å²) in [7, 11) is 2.73. The molecule has 0 atom stereocenters. The Hall–Kier alpha value is -1.69. The number of ether oxygens (including phenoxy) is 2. The molecule has 0 aliphatic rings. The van der Waals surface area contributed by atoms with Gasteiger partial charge in [-0.25, -0.2) is 4.79 Å². The molecule has 0 unspecified atom stereocenters. The van der Waals surface area contributed by atoms with Crippen LogP contribution in [0, 0.1) is 0 Å². The average Bonchev–Trinajstić information content (AvgIpc) is 2.45. The number of methoxy groups -OCH3 is 2. The number of rotatable bonds is 4. The normalized spacial score (nSPS) is 9.00. The lowest BCUT2D eigenvalue weighted by atomic mass is 10.2. The van der Waals surface area contributed by atoms with Crippen molar-refractivity contribution in [2.75, 3.05) is 32.0 Å². The second-order valence-corrected chi connectivity index (χ2v) is 4.38. The van der Waals surface area contributed by atoms with Crippen molar-refractivity contribution in [1.82, 2.24) is 0 Å². The minimum Gasteiger partial charge on any atom is -0.469 e. The molecule has 0 aromatic heterocycles. The molecule has 1 aromatic rings. The predicted octanol–water partition coefficient (Wildman–Crippen LogP) is 1.97. The first-order chi connectivity index (χ1) is 9.06. The number of thioether (sulfide) groups is 1. The van der Waals surface area contributed by atoms with Gasteiger partial charge in [0.05, 0.1) is 26.2 Å². The van der Waals surface area contributed by atoms with Gasteiger partial charge in [0.25, 0.3) is 0 Å². The average molecular weight is 285 g/mol. The molecule has 0 radical (unpaired) electrons. The van der Waals surface area contributed by atoms with Crippen molar-refractivity contribution in [3.8, 4) is 0 Å². The highest BCUT2D eigenvalue weighted by Crippen LogP contribution is 2.10. The summed E-state index contributed by atoms with van der Waals surface area (Å²) in [5.74, 6) is 0.328. The second kappa shape index (κ2) is 10.3. The third kappa shape index (κ3) is 7.35. The fourth-order valence-corrected chi connectivity index (χ4v) is 1.45. The van der Waals surface area contributed by atoms with Crippen molar-refractivity contribution >= 4 is 29.4 Å². The van der Waals surface area contributed by atoms with Crippen molar-refractivity contribution in [2.45, 2.75) is 6.42 Å². The van der Waals surface area contributed by atoms with Gasteiger partial charge in [-0.3, -0.25) is 4.79 Å². The van der Waals surface area contributed by atoms with E-state index in [9.17, 15) is 9.59 Å². The van der Waals surface area contributed by atoms with Gasteiger partial charge in [-0.1, -0.05) is 12.1 Å². The monoisotopic (exact) mass is 285 g/mol. The maximum atomic E-state index is 10.9. The molecule has 0 saturated heterocycles. The summed E-state index contributed by atoms with van der Waals surface area (Å²) in [5.41, 5.74) is 6.35. The van der Waals surface area contributed by atoms with Crippen LogP contribution in [0.2, 0.25) is 0 Å². The lowest BCUT2D eigenvalue weighted by molar-refractivity contribution is -0.140. The molecule has 19 heavy (non-hydrogen) atoms. The predicted molar refractivity (Wildman–Crippen MR) is 77.2 cm³/mol. The van der Waals surface area contributed by atoms with E-state index in [-0.39, 0.29) is 5.97 Å². The third-order valence-corrected chi connectivity index (χ3v) is 2.72. The second-order valence-electron chi connectivity index (χ2n) is 3.40. The molecule has 0 saturated carbocycles. The first-order valence-corrected chi connectivity index (χ1v) is 6.94. The van der Waals surface area contributed by atoms with E-state index in [2.05, 4.69) is 9.47 Å². The van der Waals surface area contributed by atoms with E-state index in [0.29, 0.717) is 17.7 Å². The summed E-state index contributed by atoms with van der Waals surface area (Å²) in [6.45, 7) is 0. The fraction of sp³-hybridized carbons (Fsp3) is 0.385. The highest BCUT2D eigenvalue weighted by Gasteiger charge is 2.06. The van der Waals surface area contributed by atoms with Gasteiger partial charge in [0, 0.05) is 11.4 Å². The van der Waals surface area contributed by atoms with Gasteiger partial charge in [-0.2, -0.15) is 11.8 Å². The first kappa shape index (κ1) is 17.3. The van der Waals surface area contributed by atoms with Crippen LogP contribution in [0.15, 0.2) is 24.3 Å². The number of carbonyl (C=O) groups excluding carboxylic acids is 2. The van der Waals surface area contributed by atoms with Crippen molar-refractivity contribution in [1.29, 1.82) is 0 Å². The zero-order valence-electron chi connectivity index (χ0n) is 11.3. The molecule has 106 valence electrons. The number of hydrogen-bond acceptors (Lipinski definition) is 6. The summed E-state index contributed by atoms with van der Waals surface area (Å²) in [6, 6.07) is 6.79. The van der Waals surface area contributed by atoms with Crippen molar-refractivity contribution in [2.24, 2.45) is 0 Å². The minimum absolute atomic E-state index is 0.126. The third-order valence-electron chi connectivity index (χ3n) is 2.10. The highest BCUT2D eigenvalue weighted by molar-refractivity contribution is 7.98. The van der Waals surface area contributed by atoms with Crippen molar-refractivity contribution in [3.05, 3.63) is 29.8 Å². The Kier molecular flexibility index (Phi) is 9.34. The number of anilines is 1. The van der Waals surface area contributed by atoms with Crippen molar-refractivity contribution in [3.63, 3.8) is 0 Å². The number of hydrogen-bond donors (Lipinski definition) is 1. The number of carbonyl (C=O) groups is 2. The molecule has 0 aliphatic heterocycles. The SMILES string of the molecule is COC(=O)CCSC.COC(=O)c1ccccc1N. The quantitative estimate of drug-likeness (QED) is 0.673. The summed E-state index contributed by atoms with van der Waals surface area (Å²) < 4.78 is 8.90.